The van der Waals surface area contributed by atoms with Gasteiger partial charge in [-0.15, -0.1) is 0 Å². The maximum Gasteiger partial charge on any atom is 0.305 e. The molecule has 78 valence electrons. The van der Waals surface area contributed by atoms with Crippen molar-refractivity contribution < 1.29 is 13.9 Å². The summed E-state index contributed by atoms with van der Waals surface area (Å²) in [6.45, 7) is 0. The molecule has 0 unspecified atom stereocenters. The lowest BCUT2D eigenvalue weighted by molar-refractivity contribution is -0.142. The van der Waals surface area contributed by atoms with Crippen LogP contribution in [0.15, 0.2) is 5.11 Å². The van der Waals surface area contributed by atoms with Crippen LogP contribution in [0.5, 0.6) is 0 Å². The molecule has 0 aromatic carbocycles. The zero-order chi connectivity index (χ0) is 10.6. The van der Waals surface area contributed by atoms with Crippen molar-refractivity contribution in [3.8, 4) is 0 Å². The Morgan fingerprint density at radius 3 is 3.00 bits per heavy atom. The van der Waals surface area contributed by atoms with Crippen molar-refractivity contribution in [3.05, 3.63) is 10.4 Å². The summed E-state index contributed by atoms with van der Waals surface area (Å²) in [6.07, 6.45) is -0.356. The van der Waals surface area contributed by atoms with Crippen molar-refractivity contribution in [2.75, 3.05) is 7.11 Å². The number of carbonyl (C=O) groups excluding carboxylic acids is 1. The van der Waals surface area contributed by atoms with E-state index in [1.807, 2.05) is 0 Å². The Kier molecular flexibility index (Phi) is 3.71. The van der Waals surface area contributed by atoms with E-state index in [0.717, 1.165) is 0 Å². The molecule has 0 amide bonds. The summed E-state index contributed by atoms with van der Waals surface area (Å²) in [5.41, 5.74) is 8.17. The van der Waals surface area contributed by atoms with Crippen LogP contribution in [0.25, 0.3) is 10.4 Å². The Hall–Kier alpha value is -1.29. The van der Waals surface area contributed by atoms with Gasteiger partial charge in [0.15, 0.2) is 0 Å². The molecule has 1 rings (SSSR count). The van der Waals surface area contributed by atoms with Gasteiger partial charge >= 0.3 is 5.97 Å². The predicted molar refractivity (Wildman–Crippen MR) is 47.2 cm³/mol. The third kappa shape index (κ3) is 2.60. The van der Waals surface area contributed by atoms with Crippen LogP contribution in [0.1, 0.15) is 19.3 Å². The Labute approximate surface area is 80.9 Å². The maximum atomic E-state index is 13.3. The smallest absolute Gasteiger partial charge is 0.305 e. The number of methoxy groups -OCH3 is 1. The quantitative estimate of drug-likeness (QED) is 0.303. The highest BCUT2D eigenvalue weighted by Crippen LogP contribution is 2.33. The van der Waals surface area contributed by atoms with Gasteiger partial charge in [-0.05, 0) is 18.4 Å². The van der Waals surface area contributed by atoms with E-state index in [1.54, 1.807) is 0 Å². The summed E-state index contributed by atoms with van der Waals surface area (Å²) in [4.78, 5) is 13.5. The number of rotatable bonds is 3. The number of halogens is 1. The molecule has 0 bridgehead atoms. The van der Waals surface area contributed by atoms with E-state index in [9.17, 15) is 9.18 Å². The van der Waals surface area contributed by atoms with Crippen LogP contribution in [0.4, 0.5) is 4.39 Å². The number of azide groups is 1. The third-order valence-corrected chi connectivity index (χ3v) is 2.46. The lowest BCUT2D eigenvalue weighted by Gasteiger charge is -2.09. The standard InChI is InChI=1S/C8H12FN3O2/c1-14-8(13)3-5-2-6(11-12-10)4-7(5)9/h5-7H,2-4H2,1H3/t5-,6-,7+/m1/s1. The average molecular weight is 201 g/mol. The van der Waals surface area contributed by atoms with Crippen molar-refractivity contribution >= 4 is 5.97 Å². The van der Waals surface area contributed by atoms with Crippen molar-refractivity contribution in [1.82, 2.24) is 0 Å². The lowest BCUT2D eigenvalue weighted by atomic mass is 10.0. The fraction of sp³-hybridized carbons (Fsp3) is 0.875. The molecule has 1 aliphatic carbocycles. The SMILES string of the molecule is COC(=O)C[C@H]1C[C@@H](N=[N+]=[N-])C[C@@H]1F. The lowest BCUT2D eigenvalue weighted by Crippen LogP contribution is -2.14. The summed E-state index contributed by atoms with van der Waals surface area (Å²) >= 11 is 0. The summed E-state index contributed by atoms with van der Waals surface area (Å²) in [7, 11) is 1.27. The minimum absolute atomic E-state index is 0.0646. The monoisotopic (exact) mass is 201 g/mol. The number of esters is 1. The van der Waals surface area contributed by atoms with Gasteiger partial charge in [0.1, 0.15) is 6.17 Å². The van der Waals surface area contributed by atoms with Gasteiger partial charge in [-0.2, -0.15) is 0 Å². The number of nitrogens with zero attached hydrogens (tertiary/aromatic N) is 3. The molecule has 0 heterocycles. The van der Waals surface area contributed by atoms with E-state index in [0.29, 0.717) is 6.42 Å². The summed E-state index contributed by atoms with van der Waals surface area (Å²) < 4.78 is 17.7. The Morgan fingerprint density at radius 1 is 1.71 bits per heavy atom. The molecule has 0 spiro atoms. The first-order chi connectivity index (χ1) is 6.67. The van der Waals surface area contributed by atoms with Crippen LogP contribution in [-0.4, -0.2) is 25.3 Å². The second-order valence-corrected chi connectivity index (χ2v) is 3.39. The molecular weight excluding hydrogens is 189 g/mol. The molecule has 0 saturated heterocycles. The average Bonchev–Trinajstić information content (AvgIpc) is 2.47. The van der Waals surface area contributed by atoms with Crippen LogP contribution < -0.4 is 0 Å². The van der Waals surface area contributed by atoms with Crippen molar-refractivity contribution in [1.29, 1.82) is 0 Å². The Bertz CT molecular complexity index is 265. The Balaban J connectivity index is 2.48. The van der Waals surface area contributed by atoms with Crippen LogP contribution in [-0.2, 0) is 9.53 Å². The van der Waals surface area contributed by atoms with E-state index in [2.05, 4.69) is 14.8 Å². The molecule has 3 atom stereocenters. The number of hydrogen-bond acceptors (Lipinski definition) is 3. The van der Waals surface area contributed by atoms with Gasteiger partial charge in [-0.1, -0.05) is 5.11 Å². The minimum atomic E-state index is -1.07. The van der Waals surface area contributed by atoms with Gasteiger partial charge in [0.2, 0.25) is 0 Å². The fourth-order valence-electron chi connectivity index (χ4n) is 1.72. The highest BCUT2D eigenvalue weighted by Gasteiger charge is 2.35. The topological polar surface area (TPSA) is 75.1 Å². The molecule has 6 heteroatoms. The minimum Gasteiger partial charge on any atom is -0.469 e. The molecule has 0 aromatic heterocycles. The summed E-state index contributed by atoms with van der Waals surface area (Å²) in [5.74, 6) is -0.780. The summed E-state index contributed by atoms with van der Waals surface area (Å²) in [6, 6.07) is -0.315. The second kappa shape index (κ2) is 4.81. The third-order valence-electron chi connectivity index (χ3n) is 2.46. The molecule has 1 saturated carbocycles. The zero-order valence-corrected chi connectivity index (χ0v) is 7.89. The largest absolute Gasteiger partial charge is 0.469 e. The molecule has 0 N–H and O–H groups in total. The zero-order valence-electron chi connectivity index (χ0n) is 7.89. The predicted octanol–water partition coefficient (Wildman–Crippen LogP) is 1.98. The molecule has 1 fully saturated rings. The van der Waals surface area contributed by atoms with Crippen molar-refractivity contribution in [2.45, 2.75) is 31.5 Å². The molecule has 0 aromatic rings. The number of hydrogen-bond donors (Lipinski definition) is 0. The van der Waals surface area contributed by atoms with E-state index in [1.165, 1.54) is 7.11 Å². The highest BCUT2D eigenvalue weighted by molar-refractivity contribution is 5.69. The molecule has 14 heavy (non-hydrogen) atoms. The fourth-order valence-corrected chi connectivity index (χ4v) is 1.72. The first kappa shape index (κ1) is 10.8. The van der Waals surface area contributed by atoms with Crippen LogP contribution in [0.3, 0.4) is 0 Å². The van der Waals surface area contributed by atoms with Gasteiger partial charge in [0.25, 0.3) is 0 Å². The van der Waals surface area contributed by atoms with E-state index in [-0.39, 0.29) is 24.8 Å². The van der Waals surface area contributed by atoms with E-state index >= 15 is 0 Å². The van der Waals surface area contributed by atoms with Gasteiger partial charge in [0.05, 0.1) is 13.5 Å². The summed E-state index contributed by atoms with van der Waals surface area (Å²) in [5, 5.41) is 3.45. The molecular formula is C8H12FN3O2. The normalized spacial score (nSPS) is 30.9. The number of carbonyl (C=O) groups is 1. The molecule has 1 aliphatic rings. The molecule has 5 nitrogen and oxygen atoms in total. The number of ether oxygens (including phenoxy) is 1. The number of alkyl halides is 1. The van der Waals surface area contributed by atoms with Gasteiger partial charge < -0.3 is 4.74 Å². The van der Waals surface area contributed by atoms with Gasteiger partial charge in [0, 0.05) is 16.9 Å². The first-order valence-electron chi connectivity index (χ1n) is 4.42. The Morgan fingerprint density at radius 2 is 2.43 bits per heavy atom. The second-order valence-electron chi connectivity index (χ2n) is 3.39. The van der Waals surface area contributed by atoms with Crippen molar-refractivity contribution in [3.63, 3.8) is 0 Å². The van der Waals surface area contributed by atoms with E-state index < -0.39 is 12.1 Å². The van der Waals surface area contributed by atoms with Gasteiger partial charge in [-0.25, -0.2) is 4.39 Å². The van der Waals surface area contributed by atoms with Crippen LogP contribution in [0, 0.1) is 5.92 Å². The van der Waals surface area contributed by atoms with Gasteiger partial charge in [-0.3, -0.25) is 4.79 Å². The van der Waals surface area contributed by atoms with Crippen LogP contribution >= 0.6 is 0 Å². The molecule has 0 aliphatic heterocycles. The van der Waals surface area contributed by atoms with Crippen molar-refractivity contribution in [2.24, 2.45) is 11.0 Å². The first-order valence-corrected chi connectivity index (χ1v) is 4.42. The molecule has 0 radical (unpaired) electrons. The maximum absolute atomic E-state index is 13.3. The van der Waals surface area contributed by atoms with E-state index in [4.69, 9.17) is 5.53 Å². The van der Waals surface area contributed by atoms with Crippen LogP contribution in [0.2, 0.25) is 0 Å². The highest BCUT2D eigenvalue weighted by atomic mass is 19.1.